The highest BCUT2D eigenvalue weighted by atomic mass is 16.1. The third kappa shape index (κ3) is 1.59. The summed E-state index contributed by atoms with van der Waals surface area (Å²) in [5.41, 5.74) is 3.35. The van der Waals surface area contributed by atoms with Crippen molar-refractivity contribution < 1.29 is 4.79 Å². The van der Waals surface area contributed by atoms with Crippen molar-refractivity contribution in [1.29, 1.82) is 0 Å². The molecule has 2 aliphatic rings. The minimum atomic E-state index is 0.00685. The van der Waals surface area contributed by atoms with Gasteiger partial charge in [-0.05, 0) is 25.5 Å². The monoisotopic (exact) mass is 275 g/mol. The number of fused-ring (bicyclic) bond motifs is 2. The Morgan fingerprint density at radius 3 is 2.71 bits per heavy atom. The van der Waals surface area contributed by atoms with Gasteiger partial charge in [0.1, 0.15) is 5.82 Å². The van der Waals surface area contributed by atoms with E-state index in [0.717, 1.165) is 33.4 Å². The Labute approximate surface area is 121 Å². The maximum absolute atomic E-state index is 12.6. The lowest BCUT2D eigenvalue weighted by molar-refractivity contribution is -0.109. The average molecular weight is 275 g/mol. The number of aromatic nitrogens is 2. The van der Waals surface area contributed by atoms with E-state index in [0.29, 0.717) is 5.57 Å². The number of carbonyl (C=O) groups excluding carboxylic acids is 1. The Morgan fingerprint density at radius 2 is 1.95 bits per heavy atom. The van der Waals surface area contributed by atoms with E-state index in [-0.39, 0.29) is 5.78 Å². The molecule has 0 saturated heterocycles. The Hall–Kier alpha value is -2.75. The number of allylic oxidation sites excluding steroid dienone is 4. The second-order valence-corrected chi connectivity index (χ2v) is 5.22. The van der Waals surface area contributed by atoms with E-state index in [1.54, 1.807) is 12.3 Å². The second kappa shape index (κ2) is 4.12. The molecule has 1 aliphatic carbocycles. The molecule has 0 N–H and O–H groups in total. The molecule has 4 heteroatoms. The first kappa shape index (κ1) is 12.0. The van der Waals surface area contributed by atoms with Gasteiger partial charge >= 0.3 is 0 Å². The number of para-hydroxylation sites is 1. The number of aryl methyl sites for hydroxylation is 1. The van der Waals surface area contributed by atoms with Crippen molar-refractivity contribution in [3.63, 3.8) is 0 Å². The fraction of sp³-hybridized carbons (Fsp3) is 0.118. The summed E-state index contributed by atoms with van der Waals surface area (Å²) in [5.74, 6) is 0.861. The van der Waals surface area contributed by atoms with Crippen LogP contribution in [0.5, 0.6) is 0 Å². The average Bonchev–Trinajstić information content (AvgIpc) is 3.06. The highest BCUT2D eigenvalue weighted by molar-refractivity contribution is 6.30. The first-order chi connectivity index (χ1) is 10.2. The largest absolute Gasteiger partial charge is 0.304 e. The summed E-state index contributed by atoms with van der Waals surface area (Å²) in [7, 11) is 0. The maximum atomic E-state index is 12.6. The second-order valence-electron chi connectivity index (χ2n) is 5.22. The van der Waals surface area contributed by atoms with Crippen molar-refractivity contribution in [1.82, 2.24) is 9.55 Å². The molecule has 0 bridgehead atoms. The molecule has 0 unspecified atom stereocenters. The summed E-state index contributed by atoms with van der Waals surface area (Å²) >= 11 is 0. The van der Waals surface area contributed by atoms with E-state index in [4.69, 9.17) is 0 Å². The molecule has 4 nitrogen and oxygen atoms in total. The molecular formula is C17H13N3O. The summed E-state index contributed by atoms with van der Waals surface area (Å²) in [6.45, 7) is 3.92. The van der Waals surface area contributed by atoms with Crippen LogP contribution in [0.3, 0.4) is 0 Å². The van der Waals surface area contributed by atoms with Crippen LogP contribution in [0.15, 0.2) is 59.0 Å². The van der Waals surface area contributed by atoms with Crippen molar-refractivity contribution in [3.8, 4) is 0 Å². The molecule has 4 rings (SSSR count). The summed E-state index contributed by atoms with van der Waals surface area (Å²) < 4.78 is 1.93. The smallest absolute Gasteiger partial charge is 0.190 e. The van der Waals surface area contributed by atoms with Gasteiger partial charge in [-0.3, -0.25) is 4.79 Å². The van der Waals surface area contributed by atoms with Crippen molar-refractivity contribution >= 4 is 17.1 Å². The summed E-state index contributed by atoms with van der Waals surface area (Å²) in [5, 5.41) is 1.79. The Kier molecular flexibility index (Phi) is 2.36. The molecule has 0 amide bonds. The van der Waals surface area contributed by atoms with Crippen LogP contribution in [0.25, 0.3) is 11.3 Å². The van der Waals surface area contributed by atoms with Gasteiger partial charge in [0.05, 0.1) is 22.3 Å². The maximum Gasteiger partial charge on any atom is 0.190 e. The lowest BCUT2D eigenvalue weighted by atomic mass is 9.94. The lowest BCUT2D eigenvalue weighted by Crippen LogP contribution is -2.24. The van der Waals surface area contributed by atoms with Gasteiger partial charge in [-0.2, -0.15) is 0 Å². The van der Waals surface area contributed by atoms with Gasteiger partial charge in [-0.15, -0.1) is 0 Å². The van der Waals surface area contributed by atoms with E-state index in [2.05, 4.69) is 9.98 Å². The number of imidazole rings is 1. The third-order valence-corrected chi connectivity index (χ3v) is 3.98. The zero-order valence-corrected chi connectivity index (χ0v) is 11.8. The first-order valence-electron chi connectivity index (χ1n) is 6.83. The van der Waals surface area contributed by atoms with Crippen LogP contribution in [-0.2, 0) is 4.79 Å². The standard InChI is InChI=1S/C17H13N3O/c1-10-14(20-8-7-18-11(20)2)9-15(21)16-12-5-3-4-6-13(12)19-17(10)16/h3-9H,1-2H3. The van der Waals surface area contributed by atoms with E-state index in [9.17, 15) is 4.79 Å². The topological polar surface area (TPSA) is 47.2 Å². The Morgan fingerprint density at radius 1 is 1.14 bits per heavy atom. The number of hydrogen-bond acceptors (Lipinski definition) is 3. The van der Waals surface area contributed by atoms with Gasteiger partial charge in [-0.25, -0.2) is 9.98 Å². The van der Waals surface area contributed by atoms with E-state index >= 15 is 0 Å². The van der Waals surface area contributed by atoms with Crippen LogP contribution in [0.1, 0.15) is 12.7 Å². The van der Waals surface area contributed by atoms with Crippen molar-refractivity contribution in [2.24, 2.45) is 4.99 Å². The van der Waals surface area contributed by atoms with Gasteiger partial charge in [0, 0.05) is 23.7 Å². The van der Waals surface area contributed by atoms with Gasteiger partial charge in [-0.1, -0.05) is 18.2 Å². The van der Waals surface area contributed by atoms with E-state index in [1.165, 1.54) is 0 Å². The van der Waals surface area contributed by atoms with Crippen molar-refractivity contribution in [3.05, 3.63) is 70.4 Å². The van der Waals surface area contributed by atoms with E-state index < -0.39 is 0 Å². The normalized spacial score (nSPS) is 16.6. The van der Waals surface area contributed by atoms with Gasteiger partial charge in [0.2, 0.25) is 0 Å². The zero-order chi connectivity index (χ0) is 14.6. The molecule has 2 aromatic rings. The molecule has 0 spiro atoms. The van der Waals surface area contributed by atoms with Crippen LogP contribution in [0.2, 0.25) is 0 Å². The Bertz CT molecular complexity index is 973. The SMILES string of the molecule is CC1=C2N=c3ccccc3=C2C(=O)C=C1n1ccnc1C. The fourth-order valence-electron chi connectivity index (χ4n) is 2.92. The molecule has 0 radical (unpaired) electrons. The Balaban J connectivity index is 2.03. The number of carbonyl (C=O) groups is 1. The number of hydrogen-bond donors (Lipinski definition) is 0. The molecule has 21 heavy (non-hydrogen) atoms. The molecule has 1 aromatic heterocycles. The van der Waals surface area contributed by atoms with Crippen LogP contribution >= 0.6 is 0 Å². The highest BCUT2D eigenvalue weighted by Gasteiger charge is 2.27. The fourth-order valence-corrected chi connectivity index (χ4v) is 2.92. The molecule has 1 aromatic carbocycles. The van der Waals surface area contributed by atoms with Crippen LogP contribution in [-0.4, -0.2) is 15.3 Å². The molecule has 0 saturated carbocycles. The van der Waals surface area contributed by atoms with Crippen LogP contribution < -0.4 is 10.6 Å². The van der Waals surface area contributed by atoms with Gasteiger partial charge < -0.3 is 4.57 Å². The summed E-state index contributed by atoms with van der Waals surface area (Å²) in [6.07, 6.45) is 5.28. The third-order valence-electron chi connectivity index (χ3n) is 3.98. The lowest BCUT2D eigenvalue weighted by Gasteiger charge is -2.18. The first-order valence-corrected chi connectivity index (χ1v) is 6.83. The predicted octanol–water partition coefficient (Wildman–Crippen LogP) is 1.37. The van der Waals surface area contributed by atoms with Crippen LogP contribution in [0, 0.1) is 6.92 Å². The molecular weight excluding hydrogens is 262 g/mol. The molecule has 0 fully saturated rings. The van der Waals surface area contributed by atoms with Gasteiger partial charge in [0.25, 0.3) is 0 Å². The molecule has 102 valence electrons. The quantitative estimate of drug-likeness (QED) is 0.789. The predicted molar refractivity (Wildman–Crippen MR) is 79.6 cm³/mol. The number of rotatable bonds is 1. The summed E-state index contributed by atoms with van der Waals surface area (Å²) in [4.78, 5) is 21.4. The van der Waals surface area contributed by atoms with E-state index in [1.807, 2.05) is 48.9 Å². The van der Waals surface area contributed by atoms with Gasteiger partial charge in [0.15, 0.2) is 5.78 Å². The molecule has 0 atom stereocenters. The summed E-state index contributed by atoms with van der Waals surface area (Å²) in [6, 6.07) is 7.77. The number of benzene rings is 1. The molecule has 2 heterocycles. The van der Waals surface area contributed by atoms with Crippen molar-refractivity contribution in [2.45, 2.75) is 13.8 Å². The number of nitrogens with zero attached hydrogens (tertiary/aromatic N) is 3. The minimum Gasteiger partial charge on any atom is -0.304 e. The zero-order valence-electron chi connectivity index (χ0n) is 11.8. The number of ketones is 1. The van der Waals surface area contributed by atoms with Crippen molar-refractivity contribution in [2.75, 3.05) is 0 Å². The minimum absolute atomic E-state index is 0.00685. The molecule has 1 aliphatic heterocycles. The highest BCUT2D eigenvalue weighted by Crippen LogP contribution is 2.32. The van der Waals surface area contributed by atoms with Crippen LogP contribution in [0.4, 0.5) is 0 Å².